The van der Waals surface area contributed by atoms with Crippen LogP contribution in [0.25, 0.3) is 66.1 Å². The number of fused-ring (bicyclic) bond motifs is 3. The molecule has 6 aromatic carbocycles. The SMILES string of the molecule is CNC(=O)[C@H](C)Cn1cnc2ccc(-c3cnc(OC)c(N(CNC(=O)[C@@H](C)Cn4cnc5ccc(-c6cnc(OC)c(N(CNC(=O)[C@H](C)Cn7cnc8ccc(-c9cnc(OC)c(NS(=O)(=O)c%10ccc(Cl)cc%10Cl)c9)cc8c7=O)S(=O)(=O)c7ccc(F)c(C)c7)c6)cc5c4=O)S(=O)(=O)c4ccc(F)c(C)c4)c3)cc2c1=O. The quantitative estimate of drug-likeness (QED) is 0.0331. The van der Waals surface area contributed by atoms with Gasteiger partial charge in [0.1, 0.15) is 46.9 Å². The van der Waals surface area contributed by atoms with E-state index in [-0.39, 0.29) is 129 Å². The molecule has 6 heterocycles. The highest BCUT2D eigenvalue weighted by atomic mass is 35.5. The second-order valence-corrected chi connectivity index (χ2v) is 32.7. The van der Waals surface area contributed by atoms with Crippen LogP contribution in [-0.2, 0) is 64.1 Å². The number of aryl methyl sites for hydroxylation is 2. The third kappa shape index (κ3) is 16.8. The molecule has 0 bridgehead atoms. The molecule has 37 heteroatoms. The van der Waals surface area contributed by atoms with E-state index in [4.69, 9.17) is 37.4 Å². The van der Waals surface area contributed by atoms with Gasteiger partial charge in [0.15, 0.2) is 0 Å². The Morgan fingerprint density at radius 1 is 0.474 bits per heavy atom. The van der Waals surface area contributed by atoms with Crippen LogP contribution in [0.4, 0.5) is 25.8 Å². The highest BCUT2D eigenvalue weighted by Gasteiger charge is 2.34. The first kappa shape index (κ1) is 81.2. The average molecular weight is 1650 g/mol. The van der Waals surface area contributed by atoms with Gasteiger partial charge in [-0.1, -0.05) is 62.2 Å². The Balaban J connectivity index is 0.793. The van der Waals surface area contributed by atoms with Crippen molar-refractivity contribution in [2.75, 3.05) is 55.0 Å². The van der Waals surface area contributed by atoms with E-state index < -0.39 is 101 Å². The molecule has 0 aliphatic carbocycles. The molecular formula is C77H71Cl2F2N15O15S3. The van der Waals surface area contributed by atoms with Crippen molar-refractivity contribution in [3.8, 4) is 51.0 Å². The first-order valence-electron chi connectivity index (χ1n) is 34.7. The maximum absolute atomic E-state index is 15.0. The summed E-state index contributed by atoms with van der Waals surface area (Å²) in [6.45, 7) is 5.23. The van der Waals surface area contributed by atoms with Crippen molar-refractivity contribution in [1.29, 1.82) is 0 Å². The number of hydrogen-bond donors (Lipinski definition) is 4. The maximum atomic E-state index is 15.0. The van der Waals surface area contributed by atoms with Gasteiger partial charge in [-0.05, 0) is 151 Å². The van der Waals surface area contributed by atoms with Gasteiger partial charge < -0.3 is 30.2 Å². The van der Waals surface area contributed by atoms with Crippen molar-refractivity contribution in [2.45, 2.75) is 68.9 Å². The molecule has 3 amide bonds. The smallest absolute Gasteiger partial charge is 0.266 e. The number of methoxy groups -OCH3 is 3. The molecule has 0 saturated heterocycles. The van der Waals surface area contributed by atoms with E-state index in [2.05, 4.69) is 50.6 Å². The number of hydrogen-bond acceptors (Lipinski definition) is 21. The highest BCUT2D eigenvalue weighted by molar-refractivity contribution is 7.93. The minimum Gasteiger partial charge on any atom is -0.480 e. The lowest BCUT2D eigenvalue weighted by Crippen LogP contribution is -2.44. The van der Waals surface area contributed by atoms with Crippen LogP contribution in [0.3, 0.4) is 0 Å². The summed E-state index contributed by atoms with van der Waals surface area (Å²) < 4.78 is 141. The number of rotatable bonds is 28. The van der Waals surface area contributed by atoms with Crippen LogP contribution in [0.2, 0.25) is 10.0 Å². The van der Waals surface area contributed by atoms with E-state index in [9.17, 15) is 54.4 Å². The number of nitrogens with one attached hydrogen (secondary N) is 4. The molecule has 0 unspecified atom stereocenters. The van der Waals surface area contributed by atoms with Crippen LogP contribution in [0.15, 0.2) is 194 Å². The van der Waals surface area contributed by atoms with E-state index in [0.717, 1.165) is 45.0 Å². The number of anilines is 3. The van der Waals surface area contributed by atoms with E-state index in [1.807, 2.05) is 0 Å². The zero-order valence-electron chi connectivity index (χ0n) is 62.1. The van der Waals surface area contributed by atoms with Crippen molar-refractivity contribution in [3.05, 3.63) is 229 Å². The zero-order valence-corrected chi connectivity index (χ0v) is 66.1. The van der Waals surface area contributed by atoms with Crippen molar-refractivity contribution in [2.24, 2.45) is 17.8 Å². The molecule has 6 aromatic heterocycles. The molecule has 3 atom stereocenters. The van der Waals surface area contributed by atoms with Gasteiger partial charge in [-0.3, -0.25) is 47.2 Å². The second-order valence-electron chi connectivity index (χ2n) is 26.5. The Morgan fingerprint density at radius 3 is 1.22 bits per heavy atom. The van der Waals surface area contributed by atoms with Gasteiger partial charge in [0.05, 0.1) is 106 Å². The van der Waals surface area contributed by atoms with Gasteiger partial charge in [0.25, 0.3) is 46.7 Å². The maximum Gasteiger partial charge on any atom is 0.266 e. The number of amides is 3. The number of nitrogens with zero attached hydrogens (tertiary/aromatic N) is 11. The summed E-state index contributed by atoms with van der Waals surface area (Å²) in [5.41, 5.74) is 0.585. The van der Waals surface area contributed by atoms with E-state index >= 15 is 8.42 Å². The molecule has 0 fully saturated rings. The van der Waals surface area contributed by atoms with Crippen molar-refractivity contribution >= 4 is 121 Å². The topological polar surface area (TPSA) is 379 Å². The fourth-order valence-electron chi connectivity index (χ4n) is 12.5. The largest absolute Gasteiger partial charge is 0.480 e. The summed E-state index contributed by atoms with van der Waals surface area (Å²) >= 11 is 12.3. The molecule has 0 radical (unpaired) electrons. The molecule has 590 valence electrons. The van der Waals surface area contributed by atoms with Gasteiger partial charge in [-0.15, -0.1) is 0 Å². The van der Waals surface area contributed by atoms with Gasteiger partial charge in [-0.25, -0.2) is 72.5 Å². The third-order valence-corrected chi connectivity index (χ3v) is 24.4. The second kappa shape index (κ2) is 33.2. The number of pyridine rings is 3. The van der Waals surface area contributed by atoms with Crippen molar-refractivity contribution in [1.82, 2.24) is 59.6 Å². The predicted octanol–water partition coefficient (Wildman–Crippen LogP) is 9.62. The average Bonchev–Trinajstić information content (AvgIpc) is 0.768. The van der Waals surface area contributed by atoms with Gasteiger partial charge in [0.2, 0.25) is 35.4 Å². The Hall–Kier alpha value is -12.3. The minimum absolute atomic E-state index is 0.00497. The van der Waals surface area contributed by atoms with E-state index in [1.165, 1.54) is 162 Å². The van der Waals surface area contributed by atoms with Crippen molar-refractivity contribution in [3.63, 3.8) is 0 Å². The normalized spacial score (nSPS) is 12.6. The van der Waals surface area contributed by atoms with Gasteiger partial charge >= 0.3 is 0 Å². The monoisotopic (exact) mass is 1650 g/mol. The van der Waals surface area contributed by atoms with Crippen LogP contribution >= 0.6 is 23.2 Å². The number of sulfonamides is 3. The summed E-state index contributed by atoms with van der Waals surface area (Å²) in [6, 6.07) is 28.5. The number of ether oxygens (including phenoxy) is 3. The lowest BCUT2D eigenvalue weighted by atomic mass is 10.0. The molecule has 0 aliphatic rings. The van der Waals surface area contributed by atoms with E-state index in [0.29, 0.717) is 33.3 Å². The number of carbonyl (C=O) groups is 3. The molecule has 4 N–H and O–H groups in total. The Bertz CT molecular complexity index is 6440. The van der Waals surface area contributed by atoms with E-state index in [1.54, 1.807) is 43.3 Å². The van der Waals surface area contributed by atoms with Crippen LogP contribution in [-0.4, -0.2) is 128 Å². The Morgan fingerprint density at radius 2 is 0.851 bits per heavy atom. The third-order valence-electron chi connectivity index (χ3n) is 18.8. The number of benzene rings is 6. The summed E-state index contributed by atoms with van der Waals surface area (Å²) in [6.07, 6.45) is 7.94. The fourth-order valence-corrected chi connectivity index (χ4v) is 17.2. The number of halogens is 4. The highest BCUT2D eigenvalue weighted by Crippen LogP contribution is 2.39. The standard InChI is InChI=1S/C77H71Cl2F2N15O15S3/c1-42-22-54(14-16-60(42)80)113(105,106)95(66-28-51(32-84-73(66)110-8)48-11-19-63-57(25-48)75(100)92(37-86-63)34-44(3)69(97)82-6)41-90-71(99)46(5)36-94-39-88-64-20-12-49(26-58(64)77(94)102)52-29-67(74(111-9)85-33-52)96(114(107,108)55-15-17-61(81)43(2)23-55)40-89-70(98)45(4)35-93-38-87-62-18-10-47(24-56(62)76(93)101)50-27-65(72(109-7)83-31-50)91-112(103,104)68-21-13-53(78)30-59(68)79/h10-33,37-39,44-46,91H,34-36,40-41H2,1-9H3,(H,82,97)(H,89,98)(H,90,99)/t44-,45-,46+/m1/s1. The first-order valence-corrected chi connectivity index (χ1v) is 39.8. The van der Waals surface area contributed by atoms with Gasteiger partial charge in [-0.2, -0.15) is 0 Å². The molecule has 0 saturated carbocycles. The summed E-state index contributed by atoms with van der Waals surface area (Å²) in [7, 11) is -8.59. The summed E-state index contributed by atoms with van der Waals surface area (Å²) in [4.78, 5) is 109. The molecule has 12 rings (SSSR count). The van der Waals surface area contributed by atoms with Crippen LogP contribution in [0.5, 0.6) is 17.6 Å². The van der Waals surface area contributed by atoms with Gasteiger partial charge in [0, 0.05) is 67.0 Å². The minimum atomic E-state index is -4.79. The summed E-state index contributed by atoms with van der Waals surface area (Å²) in [5, 5.41) is 8.27. The Kier molecular flexibility index (Phi) is 23.6. The number of carbonyl (C=O) groups excluding carboxylic acids is 3. The zero-order chi connectivity index (χ0) is 82.0. The lowest BCUT2D eigenvalue weighted by Gasteiger charge is -2.27. The lowest BCUT2D eigenvalue weighted by molar-refractivity contribution is -0.125. The van der Waals surface area contributed by atoms with Crippen LogP contribution < -0.4 is 60.2 Å². The predicted molar refractivity (Wildman–Crippen MR) is 424 cm³/mol. The fraction of sp³-hybridized carbons (Fsp3) is 0.221. The molecule has 0 aliphatic heterocycles. The number of aromatic nitrogens is 9. The van der Waals surface area contributed by atoms with Crippen LogP contribution in [0.1, 0.15) is 31.9 Å². The Labute approximate surface area is 660 Å². The summed E-state index contributed by atoms with van der Waals surface area (Å²) in [5.74, 6) is -6.45. The first-order chi connectivity index (χ1) is 54.2. The molecule has 12 aromatic rings. The molecule has 114 heavy (non-hydrogen) atoms. The van der Waals surface area contributed by atoms with Crippen molar-refractivity contribution < 1.29 is 62.6 Å². The molecule has 30 nitrogen and oxygen atoms in total. The molecule has 0 spiro atoms. The van der Waals surface area contributed by atoms with Crippen LogP contribution in [0, 0.1) is 43.2 Å². The molecular weight excluding hydrogens is 1580 g/mol.